The molecule has 1 aliphatic rings. The number of nitrogens with zero attached hydrogens (tertiary/aromatic N) is 2. The number of benzene rings is 1. The molecule has 1 aromatic heterocycles. The molecule has 1 aromatic carbocycles. The van der Waals surface area contributed by atoms with Crippen LogP contribution < -0.4 is 4.74 Å². The van der Waals surface area contributed by atoms with Crippen LogP contribution in [0.15, 0.2) is 18.2 Å². The maximum Gasteiger partial charge on any atom is 0.160 e. The quantitative estimate of drug-likeness (QED) is 0.786. The van der Waals surface area contributed by atoms with Crippen LogP contribution in [0.3, 0.4) is 0 Å². The molecule has 0 aliphatic carbocycles. The minimum absolute atomic E-state index is 0.0946. The second-order valence-electron chi connectivity index (χ2n) is 5.34. The minimum Gasteiger partial charge on any atom is -0.497 e. The third-order valence-corrected chi connectivity index (χ3v) is 3.89. The molecule has 0 unspecified atom stereocenters. The molecule has 0 radical (unpaired) electrons. The molecular formula is C16H18N2O2. The second-order valence-corrected chi connectivity index (χ2v) is 5.34. The van der Waals surface area contributed by atoms with Crippen LogP contribution in [0.2, 0.25) is 0 Å². The van der Waals surface area contributed by atoms with Gasteiger partial charge in [-0.25, -0.2) is 0 Å². The molecule has 3 rings (SSSR count). The van der Waals surface area contributed by atoms with E-state index in [-0.39, 0.29) is 5.78 Å². The van der Waals surface area contributed by atoms with Crippen molar-refractivity contribution < 1.29 is 9.53 Å². The number of methoxy groups -OCH3 is 1. The van der Waals surface area contributed by atoms with E-state index in [1.165, 1.54) is 0 Å². The van der Waals surface area contributed by atoms with Gasteiger partial charge in [0, 0.05) is 36.2 Å². The Bertz CT molecular complexity index is 694. The van der Waals surface area contributed by atoms with Gasteiger partial charge in [-0.3, -0.25) is 9.78 Å². The number of carbonyl (C=O) groups is 1. The number of hydrogen-bond donors (Lipinski definition) is 0. The van der Waals surface area contributed by atoms with Gasteiger partial charge in [-0.15, -0.1) is 0 Å². The number of fused-ring (bicyclic) bond motifs is 2. The summed E-state index contributed by atoms with van der Waals surface area (Å²) in [5.41, 5.74) is 3.81. The van der Waals surface area contributed by atoms with Gasteiger partial charge in [0.15, 0.2) is 5.78 Å². The maximum absolute atomic E-state index is 12.2. The summed E-state index contributed by atoms with van der Waals surface area (Å²) in [4.78, 5) is 19.1. The molecule has 0 saturated heterocycles. The van der Waals surface area contributed by atoms with E-state index >= 15 is 0 Å². The summed E-state index contributed by atoms with van der Waals surface area (Å²) in [5, 5.41) is 0.894. The third-order valence-electron chi connectivity index (χ3n) is 3.89. The Kier molecular flexibility index (Phi) is 3.18. The lowest BCUT2D eigenvalue weighted by molar-refractivity contribution is 0.101. The average molecular weight is 270 g/mol. The summed E-state index contributed by atoms with van der Waals surface area (Å²) >= 11 is 0. The maximum atomic E-state index is 12.2. The van der Waals surface area contributed by atoms with Crippen molar-refractivity contribution in [1.29, 1.82) is 0 Å². The first kappa shape index (κ1) is 13.1. The fourth-order valence-electron chi connectivity index (χ4n) is 2.88. The van der Waals surface area contributed by atoms with E-state index in [1.807, 2.05) is 18.2 Å². The topological polar surface area (TPSA) is 42.4 Å². The van der Waals surface area contributed by atoms with E-state index in [4.69, 9.17) is 9.72 Å². The minimum atomic E-state index is 0.0946. The number of aromatic nitrogens is 1. The summed E-state index contributed by atoms with van der Waals surface area (Å²) in [6.07, 6.45) is 0.897. The summed E-state index contributed by atoms with van der Waals surface area (Å²) < 4.78 is 5.27. The van der Waals surface area contributed by atoms with Gasteiger partial charge in [-0.1, -0.05) is 0 Å². The molecule has 0 amide bonds. The van der Waals surface area contributed by atoms with Crippen LogP contribution in [0.4, 0.5) is 0 Å². The highest BCUT2D eigenvalue weighted by molar-refractivity contribution is 6.08. The van der Waals surface area contributed by atoms with E-state index < -0.39 is 0 Å². The van der Waals surface area contributed by atoms with Gasteiger partial charge in [0.05, 0.1) is 12.6 Å². The zero-order chi connectivity index (χ0) is 14.3. The highest BCUT2D eigenvalue weighted by Gasteiger charge is 2.22. The van der Waals surface area contributed by atoms with Gasteiger partial charge in [-0.2, -0.15) is 0 Å². The van der Waals surface area contributed by atoms with Crippen molar-refractivity contribution in [2.75, 3.05) is 20.7 Å². The van der Waals surface area contributed by atoms with Gasteiger partial charge >= 0.3 is 0 Å². The Hall–Kier alpha value is -1.94. The Balaban J connectivity index is 2.34. The first-order valence-electron chi connectivity index (χ1n) is 6.79. The van der Waals surface area contributed by atoms with Crippen LogP contribution in [0.25, 0.3) is 10.9 Å². The van der Waals surface area contributed by atoms with Gasteiger partial charge in [0.25, 0.3) is 0 Å². The van der Waals surface area contributed by atoms with Crippen molar-refractivity contribution in [3.63, 3.8) is 0 Å². The number of ether oxygens (including phenoxy) is 1. The fourth-order valence-corrected chi connectivity index (χ4v) is 2.88. The Morgan fingerprint density at radius 2 is 2.20 bits per heavy atom. The molecule has 4 nitrogen and oxygen atoms in total. The predicted molar refractivity (Wildman–Crippen MR) is 78.3 cm³/mol. The number of ketones is 1. The van der Waals surface area contributed by atoms with Crippen molar-refractivity contribution in [3.05, 3.63) is 35.0 Å². The van der Waals surface area contributed by atoms with Crippen LogP contribution in [-0.2, 0) is 13.0 Å². The zero-order valence-electron chi connectivity index (χ0n) is 12.1. The van der Waals surface area contributed by atoms with Gasteiger partial charge < -0.3 is 9.64 Å². The number of hydrogen-bond acceptors (Lipinski definition) is 4. The number of pyridine rings is 1. The van der Waals surface area contributed by atoms with Crippen LogP contribution in [0, 0.1) is 0 Å². The molecule has 0 saturated carbocycles. The molecule has 0 fully saturated rings. The molecule has 2 heterocycles. The third kappa shape index (κ3) is 2.06. The van der Waals surface area contributed by atoms with Crippen LogP contribution >= 0.6 is 0 Å². The van der Waals surface area contributed by atoms with Crippen LogP contribution in [0.5, 0.6) is 5.75 Å². The van der Waals surface area contributed by atoms with Crippen molar-refractivity contribution in [1.82, 2.24) is 9.88 Å². The predicted octanol–water partition coefficient (Wildman–Crippen LogP) is 2.43. The van der Waals surface area contributed by atoms with E-state index in [0.717, 1.165) is 53.0 Å². The number of Topliss-reactive ketones (excluding diaryl/α,β-unsaturated/α-hetero) is 1. The molecule has 0 bridgehead atoms. The summed E-state index contributed by atoms with van der Waals surface area (Å²) in [6.45, 7) is 3.40. The number of carbonyl (C=O) groups excluding carboxylic acids is 1. The molecule has 0 spiro atoms. The first-order valence-corrected chi connectivity index (χ1v) is 6.79. The lowest BCUT2D eigenvalue weighted by Crippen LogP contribution is -2.29. The van der Waals surface area contributed by atoms with Crippen molar-refractivity contribution in [2.24, 2.45) is 0 Å². The first-order chi connectivity index (χ1) is 9.60. The number of rotatable bonds is 2. The highest BCUT2D eigenvalue weighted by atomic mass is 16.5. The summed E-state index contributed by atoms with van der Waals surface area (Å²) in [6, 6.07) is 5.73. The molecule has 104 valence electrons. The largest absolute Gasteiger partial charge is 0.497 e. The Labute approximate surface area is 118 Å². The van der Waals surface area contributed by atoms with Crippen molar-refractivity contribution in [3.8, 4) is 5.75 Å². The smallest absolute Gasteiger partial charge is 0.160 e. The second kappa shape index (κ2) is 4.87. The van der Waals surface area contributed by atoms with Crippen LogP contribution in [-0.4, -0.2) is 36.4 Å². The SMILES string of the molecule is COc1ccc2nc3c(c(C(C)=O)c2c1)CN(C)CC3. The Morgan fingerprint density at radius 1 is 1.40 bits per heavy atom. The van der Waals surface area contributed by atoms with Crippen molar-refractivity contribution >= 4 is 16.7 Å². The molecule has 20 heavy (non-hydrogen) atoms. The van der Waals surface area contributed by atoms with E-state index in [0.29, 0.717) is 0 Å². The summed E-state index contributed by atoms with van der Waals surface area (Å²) in [7, 11) is 3.71. The van der Waals surface area contributed by atoms with Gasteiger partial charge in [0.1, 0.15) is 5.75 Å². The molecule has 0 N–H and O–H groups in total. The molecule has 1 aliphatic heterocycles. The van der Waals surface area contributed by atoms with E-state index in [2.05, 4.69) is 11.9 Å². The van der Waals surface area contributed by atoms with Gasteiger partial charge in [0.2, 0.25) is 0 Å². The molecule has 2 aromatic rings. The van der Waals surface area contributed by atoms with Crippen molar-refractivity contribution in [2.45, 2.75) is 19.9 Å². The molecular weight excluding hydrogens is 252 g/mol. The van der Waals surface area contributed by atoms with E-state index in [1.54, 1.807) is 14.0 Å². The molecule has 0 atom stereocenters. The average Bonchev–Trinajstić information content (AvgIpc) is 2.43. The summed E-state index contributed by atoms with van der Waals surface area (Å²) in [5.74, 6) is 0.850. The number of likely N-dealkylation sites (N-methyl/N-ethyl adjacent to an activating group) is 1. The Morgan fingerprint density at radius 3 is 2.90 bits per heavy atom. The monoisotopic (exact) mass is 270 g/mol. The van der Waals surface area contributed by atoms with Crippen LogP contribution in [0.1, 0.15) is 28.5 Å². The fraction of sp³-hybridized carbons (Fsp3) is 0.375. The zero-order valence-corrected chi connectivity index (χ0v) is 12.1. The highest BCUT2D eigenvalue weighted by Crippen LogP contribution is 2.30. The standard InChI is InChI=1S/C16H18N2O2/c1-10(19)16-12-8-11(20-3)4-5-14(12)17-15-6-7-18(2)9-13(15)16/h4-5,8H,6-7,9H2,1-3H3. The lowest BCUT2D eigenvalue weighted by atomic mass is 9.94. The molecule has 4 heteroatoms. The van der Waals surface area contributed by atoms with E-state index in [9.17, 15) is 4.79 Å². The lowest BCUT2D eigenvalue weighted by Gasteiger charge is -2.26. The van der Waals surface area contributed by atoms with Gasteiger partial charge in [-0.05, 0) is 37.7 Å². The normalized spacial score (nSPS) is 15.2.